The second-order valence-corrected chi connectivity index (χ2v) is 20.4. The van der Waals surface area contributed by atoms with E-state index in [1.165, 1.54) is 0 Å². The smallest absolute Gasteiger partial charge is 0.332 e. The summed E-state index contributed by atoms with van der Waals surface area (Å²) in [7, 11) is 3.22. The van der Waals surface area contributed by atoms with E-state index in [1.54, 1.807) is 40.2 Å². The largest absolute Gasteiger partial charge is 0.464 e. The third-order valence-corrected chi connectivity index (χ3v) is 15.5. The summed E-state index contributed by atoms with van der Waals surface area (Å²) < 4.78 is 75.2. The Labute approximate surface area is 407 Å². The van der Waals surface area contributed by atoms with Crippen LogP contribution in [0.3, 0.4) is 0 Å². The molecule has 2 bridgehead atoms. The summed E-state index contributed by atoms with van der Waals surface area (Å²) in [6.07, 6.45) is 2.93. The fourth-order valence-electron chi connectivity index (χ4n) is 11.4. The van der Waals surface area contributed by atoms with Gasteiger partial charge in [-0.1, -0.05) is 64.5 Å². The second kappa shape index (κ2) is 22.9. The number of fused-ring (bicyclic) bond motifs is 2. The van der Waals surface area contributed by atoms with Crippen LogP contribution in [0.4, 0.5) is 0 Å². The lowest BCUT2D eigenvalue weighted by molar-refractivity contribution is -0.330. The Hall–Kier alpha value is -2.91. The van der Waals surface area contributed by atoms with Gasteiger partial charge in [0.2, 0.25) is 0 Å². The van der Waals surface area contributed by atoms with Gasteiger partial charge in [0.05, 0.1) is 62.4 Å². The molecular weight excluding hydrogens is 897 g/mol. The van der Waals surface area contributed by atoms with Crippen molar-refractivity contribution in [3.63, 3.8) is 0 Å². The van der Waals surface area contributed by atoms with Crippen LogP contribution in [0.15, 0.2) is 47.1 Å². The van der Waals surface area contributed by atoms with Crippen molar-refractivity contribution >= 4 is 17.7 Å². The van der Waals surface area contributed by atoms with Gasteiger partial charge in [-0.3, -0.25) is 9.59 Å². The zero-order valence-corrected chi connectivity index (χ0v) is 42.4. The lowest BCUT2D eigenvalue weighted by Crippen LogP contribution is -2.59. The number of rotatable bonds is 12. The van der Waals surface area contributed by atoms with Crippen molar-refractivity contribution in [2.24, 2.45) is 23.7 Å². The molecule has 5 saturated heterocycles. The van der Waals surface area contributed by atoms with Gasteiger partial charge in [0.15, 0.2) is 18.4 Å². The molecule has 0 radical (unpaired) electrons. The van der Waals surface area contributed by atoms with Crippen LogP contribution in [0.2, 0.25) is 0 Å². The van der Waals surface area contributed by atoms with Gasteiger partial charge in [-0.15, -0.1) is 0 Å². The first-order valence-electron chi connectivity index (χ1n) is 25.1. The van der Waals surface area contributed by atoms with E-state index < -0.39 is 115 Å². The summed E-state index contributed by atoms with van der Waals surface area (Å²) >= 11 is 0. The van der Waals surface area contributed by atoms with Gasteiger partial charge in [-0.2, -0.15) is 0 Å². The van der Waals surface area contributed by atoms with Gasteiger partial charge in [0, 0.05) is 51.7 Å². The fraction of sp³-hybridized carbons (Fsp3) is 0.788. The molecule has 5 fully saturated rings. The molecule has 17 nitrogen and oxygen atoms in total. The van der Waals surface area contributed by atoms with Crippen LogP contribution in [0.5, 0.6) is 0 Å². The Morgan fingerprint density at radius 1 is 0.913 bits per heavy atom. The number of hydrogen-bond donors (Lipinski definition) is 2. The van der Waals surface area contributed by atoms with Crippen molar-refractivity contribution in [2.45, 2.75) is 204 Å². The van der Waals surface area contributed by atoms with Crippen LogP contribution in [0, 0.1) is 23.7 Å². The Morgan fingerprint density at radius 3 is 2.28 bits per heavy atom. The first-order chi connectivity index (χ1) is 32.8. The van der Waals surface area contributed by atoms with Gasteiger partial charge in [-0.25, -0.2) is 4.79 Å². The van der Waals surface area contributed by atoms with E-state index in [1.807, 2.05) is 46.8 Å². The van der Waals surface area contributed by atoms with Crippen LogP contribution in [-0.4, -0.2) is 159 Å². The highest BCUT2D eigenvalue weighted by Crippen LogP contribution is 2.48. The SMILES string of the molecule is CCOC(=O)CO[C@H]1[C@H](C)O[C@@H](OC2[C@H](C)O[C@@H](OC3/C(C)=C/C[C@@H]4C[C@@H](C[C@]5(CC(=O)[C@H](C)[C@@H](C(C)CC)O5)O4)OC(=O)C4C=C(C)[C@@H](O)[C@H]5OC/C(=C/C=C/[C@@H]3C)C45O)C[C@@H]2OC)C[C@@H]1OC. The number of hydrogen-bond acceptors (Lipinski definition) is 17. The Bertz CT molecular complexity index is 1930. The summed E-state index contributed by atoms with van der Waals surface area (Å²) in [4.78, 5) is 40.2. The molecule has 0 aromatic heterocycles. The van der Waals surface area contributed by atoms with Gasteiger partial charge >= 0.3 is 11.9 Å². The predicted molar refractivity (Wildman–Crippen MR) is 248 cm³/mol. The van der Waals surface area contributed by atoms with Gasteiger partial charge in [-0.05, 0) is 63.7 Å². The minimum Gasteiger partial charge on any atom is -0.464 e. The number of Topliss-reactive ketones (excluding diaryl/α,β-unsaturated/α-hetero) is 1. The molecule has 0 aromatic carbocycles. The van der Waals surface area contributed by atoms with Gasteiger partial charge < -0.3 is 67.1 Å². The molecule has 69 heavy (non-hydrogen) atoms. The molecule has 5 unspecified atom stereocenters. The predicted octanol–water partition coefficient (Wildman–Crippen LogP) is 5.37. The number of allylic oxidation sites excluding steroid dienone is 2. The monoisotopic (exact) mass is 975 g/mol. The molecule has 0 aromatic rings. The maximum atomic E-state index is 14.4. The molecule has 7 aliphatic rings. The number of ketones is 1. The highest BCUT2D eigenvalue weighted by atomic mass is 16.7. The van der Waals surface area contributed by atoms with E-state index >= 15 is 0 Å². The molecular formula is C52H78O17. The molecule has 7 rings (SSSR count). The molecule has 6 aliphatic heterocycles. The molecule has 0 saturated carbocycles. The van der Waals surface area contributed by atoms with E-state index in [2.05, 4.69) is 19.9 Å². The van der Waals surface area contributed by atoms with Gasteiger partial charge in [0.25, 0.3) is 0 Å². The van der Waals surface area contributed by atoms with Crippen molar-refractivity contribution < 1.29 is 81.4 Å². The lowest BCUT2D eigenvalue weighted by atomic mass is 9.71. The summed E-state index contributed by atoms with van der Waals surface area (Å²) in [5.74, 6) is -4.09. The van der Waals surface area contributed by atoms with E-state index in [0.29, 0.717) is 36.8 Å². The molecule has 2 N–H and O–H groups in total. The van der Waals surface area contributed by atoms with Crippen LogP contribution in [0.25, 0.3) is 0 Å². The number of methoxy groups -OCH3 is 2. The zero-order chi connectivity index (χ0) is 49.9. The van der Waals surface area contributed by atoms with E-state index in [9.17, 15) is 24.6 Å². The molecule has 0 amide bonds. The molecule has 388 valence electrons. The average molecular weight is 975 g/mol. The van der Waals surface area contributed by atoms with Crippen molar-refractivity contribution in [3.8, 4) is 0 Å². The minimum atomic E-state index is -1.90. The Kier molecular flexibility index (Phi) is 17.9. The van der Waals surface area contributed by atoms with Crippen molar-refractivity contribution in [1.29, 1.82) is 0 Å². The second-order valence-electron chi connectivity index (χ2n) is 20.4. The van der Waals surface area contributed by atoms with Crippen molar-refractivity contribution in [3.05, 3.63) is 47.1 Å². The van der Waals surface area contributed by atoms with Crippen LogP contribution in [-0.2, 0) is 71.2 Å². The number of carbonyl (C=O) groups excluding carboxylic acids is 3. The molecule has 6 heterocycles. The van der Waals surface area contributed by atoms with Crippen LogP contribution in [0.1, 0.15) is 107 Å². The third-order valence-electron chi connectivity index (χ3n) is 15.5. The van der Waals surface area contributed by atoms with Crippen LogP contribution < -0.4 is 0 Å². The molecule has 1 aliphatic carbocycles. The maximum absolute atomic E-state index is 14.4. The lowest BCUT2D eigenvalue weighted by Gasteiger charge is -2.50. The number of ether oxygens (including phenoxy) is 12. The first-order valence-corrected chi connectivity index (χ1v) is 25.1. The summed E-state index contributed by atoms with van der Waals surface area (Å²) in [6, 6.07) is 0. The topological polar surface area (TPSA) is 202 Å². The highest BCUT2D eigenvalue weighted by Gasteiger charge is 2.60. The standard InChI is InChI=1S/C52H78O17/c1-12-27(3)46-31(7)38(53)24-51(69-46)23-36-20-35(68-51)18-17-29(5)45(28(4)15-14-16-34-25-62-49-44(55)30(6)19-37(50(56)65-36)52(34,49)57)66-42-22-40(59-11)48(33(9)64-42)67-43-21-39(58-10)47(32(8)63-43)61-26-41(54)60-13-2/h14-17,19,27-28,31-33,35-37,39-40,42-49,55,57H,12-13,18,20-26H2,1-11H3/b15-14+,29-17+,34-16-/t27?,28-,31-,32-,33-,35+,36-,37?,39-,40-,42-,43-,44+,45?,46+,47-,48?,49+,51-,52?/m0/s1. The van der Waals surface area contributed by atoms with E-state index in [4.69, 9.17) is 56.8 Å². The van der Waals surface area contributed by atoms with Gasteiger partial charge in [0.1, 0.15) is 54.4 Å². The van der Waals surface area contributed by atoms with Crippen molar-refractivity contribution in [2.75, 3.05) is 34.0 Å². The van der Waals surface area contributed by atoms with E-state index in [-0.39, 0.29) is 56.2 Å². The minimum absolute atomic E-state index is 0.00940. The summed E-state index contributed by atoms with van der Waals surface area (Å²) in [5.41, 5.74) is -0.0741. The third kappa shape index (κ3) is 11.7. The molecule has 1 spiro atoms. The Morgan fingerprint density at radius 2 is 1.59 bits per heavy atom. The Balaban J connectivity index is 1.14. The normalized spacial score (nSPS) is 45.5. The van der Waals surface area contributed by atoms with Crippen molar-refractivity contribution in [1.82, 2.24) is 0 Å². The van der Waals surface area contributed by atoms with Crippen LogP contribution >= 0.6 is 0 Å². The maximum Gasteiger partial charge on any atom is 0.332 e. The highest BCUT2D eigenvalue weighted by molar-refractivity contribution is 5.83. The number of carbonyl (C=O) groups is 3. The average Bonchev–Trinajstić information content (AvgIpc) is 3.65. The molecule has 20 atom stereocenters. The number of esters is 2. The number of aliphatic hydroxyl groups is 2. The first kappa shape index (κ1) is 53.9. The quantitative estimate of drug-likeness (QED) is 0.187. The molecule has 17 heteroatoms. The summed E-state index contributed by atoms with van der Waals surface area (Å²) in [6.45, 7) is 17.3. The number of aliphatic hydroxyl groups excluding tert-OH is 1. The summed E-state index contributed by atoms with van der Waals surface area (Å²) in [5, 5.41) is 23.8. The van der Waals surface area contributed by atoms with E-state index in [0.717, 1.165) is 12.0 Å². The fourth-order valence-corrected chi connectivity index (χ4v) is 11.4. The zero-order valence-electron chi connectivity index (χ0n) is 42.4.